The summed E-state index contributed by atoms with van der Waals surface area (Å²) < 4.78 is 7.44. The summed E-state index contributed by atoms with van der Waals surface area (Å²) in [5, 5.41) is 15.3. The van der Waals surface area contributed by atoms with E-state index in [0.29, 0.717) is 6.54 Å². The Kier molecular flexibility index (Phi) is 5.02. The van der Waals surface area contributed by atoms with Gasteiger partial charge in [0.2, 0.25) is 0 Å². The van der Waals surface area contributed by atoms with Crippen LogP contribution in [-0.4, -0.2) is 71.5 Å². The van der Waals surface area contributed by atoms with Crippen LogP contribution in [0.4, 0.5) is 0 Å². The number of para-hydroxylation sites is 1. The Balaban J connectivity index is 1.56. The third-order valence-corrected chi connectivity index (χ3v) is 4.89. The molecular weight excluding hydrogens is 340 g/mol. The van der Waals surface area contributed by atoms with E-state index in [1.807, 2.05) is 47.3 Å². The van der Waals surface area contributed by atoms with E-state index < -0.39 is 0 Å². The van der Waals surface area contributed by atoms with Gasteiger partial charge in [-0.2, -0.15) is 5.10 Å². The minimum atomic E-state index is 0.597. The Morgan fingerprint density at radius 3 is 2.74 bits per heavy atom. The van der Waals surface area contributed by atoms with Crippen molar-refractivity contribution in [2.45, 2.75) is 6.54 Å². The predicted molar refractivity (Wildman–Crippen MR) is 106 cm³/mol. The molecule has 1 aliphatic rings. The van der Waals surface area contributed by atoms with Crippen LogP contribution in [0, 0.1) is 0 Å². The largest absolute Gasteiger partial charge is 0.496 e. The second kappa shape index (κ2) is 7.75. The Morgan fingerprint density at radius 1 is 1.11 bits per heavy atom. The van der Waals surface area contributed by atoms with E-state index in [-0.39, 0.29) is 0 Å². The van der Waals surface area contributed by atoms with Gasteiger partial charge in [-0.1, -0.05) is 17.3 Å². The molecule has 0 saturated carbocycles. The number of methoxy groups -OCH3 is 1. The molecule has 7 heteroatoms. The summed E-state index contributed by atoms with van der Waals surface area (Å²) in [5.41, 5.74) is 4.00. The molecule has 0 N–H and O–H groups in total. The summed E-state index contributed by atoms with van der Waals surface area (Å²) >= 11 is 0. The van der Waals surface area contributed by atoms with Crippen molar-refractivity contribution < 1.29 is 4.74 Å². The maximum absolute atomic E-state index is 5.55. The first-order chi connectivity index (χ1) is 13.2. The number of aromatic nitrogens is 3. The number of likely N-dealkylation sites (N-methyl/N-ethyl adjacent to an activating group) is 1. The molecule has 0 unspecified atom stereocenters. The monoisotopic (exact) mass is 364 g/mol. The Morgan fingerprint density at radius 2 is 1.93 bits per heavy atom. The molecule has 1 aliphatic heterocycles. The second-order valence-corrected chi connectivity index (χ2v) is 6.81. The van der Waals surface area contributed by atoms with Gasteiger partial charge in [0.15, 0.2) is 0 Å². The SMILES string of the molecule is COc1ccc(C=NN2CCN(C)CC2)cc1Cn1nnc2ccccc21. The Labute approximate surface area is 158 Å². The minimum absolute atomic E-state index is 0.597. The summed E-state index contributed by atoms with van der Waals surface area (Å²) in [6, 6.07) is 14.1. The van der Waals surface area contributed by atoms with Crippen molar-refractivity contribution in [2.75, 3.05) is 40.3 Å². The van der Waals surface area contributed by atoms with Crippen LogP contribution >= 0.6 is 0 Å². The molecule has 3 aromatic rings. The first kappa shape index (κ1) is 17.5. The molecule has 0 bridgehead atoms. The highest BCUT2D eigenvalue weighted by molar-refractivity contribution is 5.80. The molecule has 0 amide bonds. The van der Waals surface area contributed by atoms with Gasteiger partial charge in [-0.15, -0.1) is 5.10 Å². The third-order valence-electron chi connectivity index (χ3n) is 4.89. The number of fused-ring (bicyclic) bond motifs is 1. The average molecular weight is 364 g/mol. The first-order valence-electron chi connectivity index (χ1n) is 9.15. The van der Waals surface area contributed by atoms with Crippen molar-refractivity contribution in [1.29, 1.82) is 0 Å². The Bertz CT molecular complexity index is 943. The molecule has 140 valence electrons. The smallest absolute Gasteiger partial charge is 0.123 e. The highest BCUT2D eigenvalue weighted by atomic mass is 16.5. The number of benzene rings is 2. The van der Waals surface area contributed by atoms with Gasteiger partial charge >= 0.3 is 0 Å². The predicted octanol–water partition coefficient (Wildman–Crippen LogP) is 2.07. The van der Waals surface area contributed by atoms with Crippen molar-refractivity contribution in [3.8, 4) is 5.75 Å². The lowest BCUT2D eigenvalue weighted by atomic mass is 10.1. The maximum Gasteiger partial charge on any atom is 0.123 e. The fraction of sp³-hybridized carbons (Fsp3) is 0.350. The standard InChI is InChI=1S/C20H24N6O/c1-24-9-11-25(12-10-24)21-14-16-7-8-20(27-2)17(13-16)15-26-19-6-4-3-5-18(19)22-23-26/h3-8,13-14H,9-12,15H2,1-2H3. The van der Waals surface area contributed by atoms with Crippen molar-refractivity contribution >= 4 is 17.2 Å². The van der Waals surface area contributed by atoms with E-state index >= 15 is 0 Å². The van der Waals surface area contributed by atoms with Crippen LogP contribution in [0.1, 0.15) is 11.1 Å². The number of rotatable bonds is 5. The number of hydrogen-bond acceptors (Lipinski definition) is 6. The zero-order chi connectivity index (χ0) is 18.6. The molecule has 4 rings (SSSR count). The van der Waals surface area contributed by atoms with E-state index in [1.54, 1.807) is 7.11 Å². The summed E-state index contributed by atoms with van der Waals surface area (Å²) in [7, 11) is 3.83. The van der Waals surface area contributed by atoms with Gasteiger partial charge in [0.25, 0.3) is 0 Å². The van der Waals surface area contributed by atoms with Crippen molar-refractivity contribution in [3.05, 3.63) is 53.6 Å². The highest BCUT2D eigenvalue weighted by Gasteiger charge is 2.12. The van der Waals surface area contributed by atoms with Crippen LogP contribution < -0.4 is 4.74 Å². The van der Waals surface area contributed by atoms with Gasteiger partial charge in [-0.3, -0.25) is 5.01 Å². The van der Waals surface area contributed by atoms with Gasteiger partial charge < -0.3 is 9.64 Å². The zero-order valence-corrected chi connectivity index (χ0v) is 15.7. The van der Waals surface area contributed by atoms with Gasteiger partial charge in [0, 0.05) is 31.7 Å². The van der Waals surface area contributed by atoms with Crippen LogP contribution in [0.5, 0.6) is 5.75 Å². The number of nitrogens with zero attached hydrogens (tertiary/aromatic N) is 6. The maximum atomic E-state index is 5.55. The number of hydrazone groups is 1. The van der Waals surface area contributed by atoms with E-state index in [4.69, 9.17) is 4.74 Å². The summed E-state index contributed by atoms with van der Waals surface area (Å²) in [4.78, 5) is 2.32. The third kappa shape index (κ3) is 3.93. The Hall–Kier alpha value is -2.93. The molecule has 1 fully saturated rings. The topological polar surface area (TPSA) is 58.8 Å². The fourth-order valence-electron chi connectivity index (χ4n) is 3.26. The number of hydrogen-bond donors (Lipinski definition) is 0. The summed E-state index contributed by atoms with van der Waals surface area (Å²) in [6.07, 6.45) is 1.92. The van der Waals surface area contributed by atoms with E-state index in [2.05, 4.69) is 38.4 Å². The molecule has 27 heavy (non-hydrogen) atoms. The molecule has 1 aromatic heterocycles. The van der Waals surface area contributed by atoms with Crippen LogP contribution in [0.15, 0.2) is 47.6 Å². The minimum Gasteiger partial charge on any atom is -0.496 e. The van der Waals surface area contributed by atoms with Crippen molar-refractivity contribution in [3.63, 3.8) is 0 Å². The van der Waals surface area contributed by atoms with Gasteiger partial charge in [-0.05, 0) is 42.9 Å². The fourth-order valence-corrected chi connectivity index (χ4v) is 3.26. The van der Waals surface area contributed by atoms with Gasteiger partial charge in [0.05, 0.1) is 25.4 Å². The van der Waals surface area contributed by atoms with Gasteiger partial charge in [0.1, 0.15) is 11.3 Å². The molecule has 2 aromatic carbocycles. The molecule has 7 nitrogen and oxygen atoms in total. The lowest BCUT2D eigenvalue weighted by molar-refractivity contribution is 0.159. The van der Waals surface area contributed by atoms with E-state index in [0.717, 1.165) is 54.1 Å². The quantitative estimate of drug-likeness (QED) is 0.649. The summed E-state index contributed by atoms with van der Waals surface area (Å²) in [5.74, 6) is 0.839. The molecule has 2 heterocycles. The first-order valence-corrected chi connectivity index (χ1v) is 9.15. The van der Waals surface area contributed by atoms with Crippen LogP contribution in [0.2, 0.25) is 0 Å². The highest BCUT2D eigenvalue weighted by Crippen LogP contribution is 2.22. The molecule has 1 saturated heterocycles. The second-order valence-electron chi connectivity index (χ2n) is 6.81. The van der Waals surface area contributed by atoms with Crippen molar-refractivity contribution in [1.82, 2.24) is 24.9 Å². The average Bonchev–Trinajstić information content (AvgIpc) is 3.11. The van der Waals surface area contributed by atoms with Crippen LogP contribution in [0.25, 0.3) is 11.0 Å². The van der Waals surface area contributed by atoms with E-state index in [1.165, 1.54) is 0 Å². The van der Waals surface area contributed by atoms with Crippen molar-refractivity contribution in [2.24, 2.45) is 5.10 Å². The molecule has 0 atom stereocenters. The summed E-state index contributed by atoms with van der Waals surface area (Å²) in [6.45, 7) is 4.61. The van der Waals surface area contributed by atoms with Crippen LogP contribution in [-0.2, 0) is 6.54 Å². The number of ether oxygens (including phenoxy) is 1. The normalized spacial score (nSPS) is 15.7. The van der Waals surface area contributed by atoms with E-state index in [9.17, 15) is 0 Å². The van der Waals surface area contributed by atoms with Crippen LogP contribution in [0.3, 0.4) is 0 Å². The lowest BCUT2D eigenvalue weighted by Crippen LogP contribution is -2.41. The lowest BCUT2D eigenvalue weighted by Gasteiger charge is -2.30. The molecule has 0 spiro atoms. The zero-order valence-electron chi connectivity index (χ0n) is 15.7. The molecule has 0 aliphatic carbocycles. The number of piperazine rings is 1. The van der Waals surface area contributed by atoms with Gasteiger partial charge in [-0.25, -0.2) is 4.68 Å². The molecular formula is C20H24N6O. The molecule has 0 radical (unpaired) electrons.